The van der Waals surface area contributed by atoms with Crippen molar-refractivity contribution in [3.63, 3.8) is 0 Å². The fourth-order valence-electron chi connectivity index (χ4n) is 4.19. The van der Waals surface area contributed by atoms with Crippen LogP contribution >= 0.6 is 34.7 Å². The molecule has 9 heteroatoms. The first kappa shape index (κ1) is 23.2. The standard InChI is InChI=1S/C25H24ClN3O3S2/c26-20-3-1-2-4-21(20)34-23-24(30)28-29(25(23)31)22(17-11-14-33-15-17)16-5-7-18(8-6-16)27-19-9-12-32-13-10-19/h1-8,11,14-15,19,22-23,27H,9-10,12-13H2,(H,28,30). The van der Waals surface area contributed by atoms with Gasteiger partial charge in [-0.1, -0.05) is 35.9 Å². The Hall–Kier alpha value is -2.52. The van der Waals surface area contributed by atoms with Crippen molar-refractivity contribution in [3.05, 3.63) is 81.5 Å². The van der Waals surface area contributed by atoms with Crippen LogP contribution in [0.1, 0.15) is 30.0 Å². The molecule has 3 heterocycles. The van der Waals surface area contributed by atoms with Crippen LogP contribution in [0.3, 0.4) is 0 Å². The summed E-state index contributed by atoms with van der Waals surface area (Å²) < 4.78 is 5.44. The molecular weight excluding hydrogens is 490 g/mol. The van der Waals surface area contributed by atoms with E-state index in [4.69, 9.17) is 16.3 Å². The lowest BCUT2D eigenvalue weighted by atomic mass is 10.00. The molecular formula is C25H24ClN3O3S2. The van der Waals surface area contributed by atoms with Gasteiger partial charge in [0.15, 0.2) is 5.25 Å². The van der Waals surface area contributed by atoms with E-state index >= 15 is 0 Å². The molecule has 2 aliphatic rings. The maximum absolute atomic E-state index is 13.4. The number of hydrogen-bond acceptors (Lipinski definition) is 6. The van der Waals surface area contributed by atoms with Crippen molar-refractivity contribution in [2.75, 3.05) is 18.5 Å². The van der Waals surface area contributed by atoms with Crippen molar-refractivity contribution in [2.24, 2.45) is 0 Å². The Morgan fingerprint density at radius 1 is 1.06 bits per heavy atom. The van der Waals surface area contributed by atoms with Gasteiger partial charge in [0.2, 0.25) is 0 Å². The van der Waals surface area contributed by atoms with Gasteiger partial charge in [0, 0.05) is 29.8 Å². The first-order valence-electron chi connectivity index (χ1n) is 11.1. The third-order valence-electron chi connectivity index (χ3n) is 5.95. The summed E-state index contributed by atoms with van der Waals surface area (Å²) in [5.41, 5.74) is 5.72. The number of rotatable bonds is 7. The van der Waals surface area contributed by atoms with Gasteiger partial charge in [-0.05, 0) is 65.1 Å². The van der Waals surface area contributed by atoms with Gasteiger partial charge in [-0.2, -0.15) is 11.3 Å². The lowest BCUT2D eigenvalue weighted by molar-refractivity contribution is -0.131. The maximum atomic E-state index is 13.4. The quantitative estimate of drug-likeness (QED) is 0.429. The molecule has 2 aromatic carbocycles. The van der Waals surface area contributed by atoms with Crippen LogP contribution in [0.2, 0.25) is 5.02 Å². The molecule has 0 bridgehead atoms. The molecule has 2 amide bonds. The summed E-state index contributed by atoms with van der Waals surface area (Å²) in [7, 11) is 0. The minimum Gasteiger partial charge on any atom is -0.382 e. The Morgan fingerprint density at radius 2 is 1.82 bits per heavy atom. The number of nitrogens with one attached hydrogen (secondary N) is 2. The molecule has 2 aliphatic heterocycles. The van der Waals surface area contributed by atoms with Crippen molar-refractivity contribution in [2.45, 2.75) is 35.1 Å². The summed E-state index contributed by atoms with van der Waals surface area (Å²) in [6, 6.07) is 17.3. The monoisotopic (exact) mass is 513 g/mol. The minimum atomic E-state index is -0.893. The topological polar surface area (TPSA) is 70.7 Å². The van der Waals surface area contributed by atoms with Gasteiger partial charge in [-0.25, -0.2) is 5.01 Å². The van der Waals surface area contributed by atoms with E-state index in [9.17, 15) is 9.59 Å². The van der Waals surface area contributed by atoms with Gasteiger partial charge in [0.05, 0.1) is 5.02 Å². The Kier molecular flexibility index (Phi) is 7.10. The van der Waals surface area contributed by atoms with Crippen LogP contribution in [0.5, 0.6) is 0 Å². The number of ether oxygens (including phenoxy) is 1. The molecule has 0 aliphatic carbocycles. The first-order valence-corrected chi connectivity index (χ1v) is 13.3. The van der Waals surface area contributed by atoms with Crippen molar-refractivity contribution in [1.29, 1.82) is 0 Å². The van der Waals surface area contributed by atoms with E-state index in [-0.39, 0.29) is 11.8 Å². The van der Waals surface area contributed by atoms with Gasteiger partial charge >= 0.3 is 0 Å². The predicted molar refractivity (Wildman–Crippen MR) is 136 cm³/mol. The molecule has 3 aromatic rings. The van der Waals surface area contributed by atoms with Gasteiger partial charge < -0.3 is 10.1 Å². The van der Waals surface area contributed by atoms with E-state index in [0.717, 1.165) is 42.9 Å². The van der Waals surface area contributed by atoms with E-state index in [1.54, 1.807) is 17.4 Å². The number of thiophene rings is 1. The predicted octanol–water partition coefficient (Wildman–Crippen LogP) is 5.12. The number of hydrogen-bond donors (Lipinski definition) is 2. The molecule has 2 unspecified atom stereocenters. The van der Waals surface area contributed by atoms with E-state index in [1.165, 1.54) is 16.8 Å². The van der Waals surface area contributed by atoms with Gasteiger partial charge in [-0.15, -0.1) is 11.8 Å². The van der Waals surface area contributed by atoms with E-state index < -0.39 is 11.3 Å². The highest BCUT2D eigenvalue weighted by molar-refractivity contribution is 8.01. The van der Waals surface area contributed by atoms with Crippen LogP contribution in [-0.4, -0.2) is 41.3 Å². The van der Waals surface area contributed by atoms with Crippen molar-refractivity contribution in [3.8, 4) is 0 Å². The van der Waals surface area contributed by atoms with Crippen LogP contribution in [-0.2, 0) is 14.3 Å². The Bertz CT molecular complexity index is 1150. The Morgan fingerprint density at radius 3 is 2.53 bits per heavy atom. The molecule has 176 valence electrons. The normalized spacial score (nSPS) is 19.8. The van der Waals surface area contributed by atoms with Crippen LogP contribution in [0.4, 0.5) is 5.69 Å². The average molecular weight is 514 g/mol. The fraction of sp³-hybridized carbons (Fsp3) is 0.280. The Balaban J connectivity index is 1.38. The summed E-state index contributed by atoms with van der Waals surface area (Å²) in [4.78, 5) is 27.0. The van der Waals surface area contributed by atoms with Crippen LogP contribution < -0.4 is 10.7 Å². The second-order valence-corrected chi connectivity index (χ2v) is 10.6. The highest BCUT2D eigenvalue weighted by atomic mass is 35.5. The minimum absolute atomic E-state index is 0.282. The molecule has 1 aromatic heterocycles. The zero-order chi connectivity index (χ0) is 23.5. The largest absolute Gasteiger partial charge is 0.382 e. The molecule has 2 saturated heterocycles. The van der Waals surface area contributed by atoms with Gasteiger partial charge in [0.25, 0.3) is 11.8 Å². The summed E-state index contributed by atoms with van der Waals surface area (Å²) in [6.45, 7) is 1.56. The number of anilines is 1. The molecule has 2 N–H and O–H groups in total. The molecule has 0 spiro atoms. The fourth-order valence-corrected chi connectivity index (χ4v) is 6.11. The lowest BCUT2D eigenvalue weighted by Crippen LogP contribution is -2.39. The van der Waals surface area contributed by atoms with Crippen LogP contribution in [0.25, 0.3) is 0 Å². The lowest BCUT2D eigenvalue weighted by Gasteiger charge is -2.28. The number of benzene rings is 2. The summed E-state index contributed by atoms with van der Waals surface area (Å²) in [5, 5.41) is 8.63. The first-order chi connectivity index (χ1) is 16.6. The van der Waals surface area contributed by atoms with E-state index in [2.05, 4.69) is 10.7 Å². The number of thioether (sulfide) groups is 1. The molecule has 6 nitrogen and oxygen atoms in total. The number of amides is 2. The third kappa shape index (κ3) is 4.95. The zero-order valence-electron chi connectivity index (χ0n) is 18.3. The second-order valence-electron chi connectivity index (χ2n) is 8.22. The second kappa shape index (κ2) is 10.4. The highest BCUT2D eigenvalue weighted by Crippen LogP contribution is 2.37. The van der Waals surface area contributed by atoms with Crippen molar-refractivity contribution >= 4 is 52.2 Å². The summed E-state index contributed by atoms with van der Waals surface area (Å²) in [5.74, 6) is -0.622. The van der Waals surface area contributed by atoms with Crippen molar-refractivity contribution in [1.82, 2.24) is 10.4 Å². The van der Waals surface area contributed by atoms with E-state index in [0.29, 0.717) is 16.0 Å². The molecule has 2 atom stereocenters. The highest BCUT2D eigenvalue weighted by Gasteiger charge is 2.44. The average Bonchev–Trinajstić information content (AvgIpc) is 3.47. The molecule has 5 rings (SSSR count). The Labute approximate surface area is 211 Å². The number of carbonyl (C=O) groups excluding carboxylic acids is 2. The maximum Gasteiger partial charge on any atom is 0.265 e. The van der Waals surface area contributed by atoms with Crippen LogP contribution in [0, 0.1) is 0 Å². The molecule has 0 radical (unpaired) electrons. The van der Waals surface area contributed by atoms with E-state index in [1.807, 2.05) is 59.3 Å². The molecule has 34 heavy (non-hydrogen) atoms. The van der Waals surface area contributed by atoms with Gasteiger partial charge in [-0.3, -0.25) is 15.0 Å². The third-order valence-corrected chi connectivity index (χ3v) is 8.35. The number of hydrazine groups is 1. The number of nitrogens with zero attached hydrogens (tertiary/aromatic N) is 1. The SMILES string of the molecule is O=C1NN(C(c2ccc(NC3CCOCC3)cc2)c2ccsc2)C(=O)C1Sc1ccccc1Cl. The molecule has 2 fully saturated rings. The van der Waals surface area contributed by atoms with Crippen molar-refractivity contribution < 1.29 is 14.3 Å². The van der Waals surface area contributed by atoms with Crippen LogP contribution in [0.15, 0.2) is 70.3 Å². The summed E-state index contributed by atoms with van der Waals surface area (Å²) in [6.07, 6.45) is 1.97. The molecule has 0 saturated carbocycles. The summed E-state index contributed by atoms with van der Waals surface area (Å²) >= 11 is 9.00. The van der Waals surface area contributed by atoms with Gasteiger partial charge in [0.1, 0.15) is 6.04 Å². The number of carbonyl (C=O) groups is 2. The smallest absolute Gasteiger partial charge is 0.265 e. The number of halogens is 1. The zero-order valence-corrected chi connectivity index (χ0v) is 20.7.